The van der Waals surface area contributed by atoms with E-state index in [9.17, 15) is 4.79 Å². The van der Waals surface area contributed by atoms with Crippen LogP contribution in [0.5, 0.6) is 0 Å². The zero-order valence-corrected chi connectivity index (χ0v) is 11.5. The summed E-state index contributed by atoms with van der Waals surface area (Å²) in [5.74, 6) is 1.92. The van der Waals surface area contributed by atoms with Crippen LogP contribution in [-0.2, 0) is 4.79 Å². The van der Waals surface area contributed by atoms with Crippen LogP contribution in [0, 0.1) is 11.8 Å². The van der Waals surface area contributed by atoms with Crippen LogP contribution in [0.2, 0.25) is 0 Å². The molecule has 2 fully saturated rings. The molecule has 1 saturated heterocycles. The largest absolute Gasteiger partial charge is 0.356 e. The molecule has 0 aromatic rings. The van der Waals surface area contributed by atoms with Gasteiger partial charge in [0, 0.05) is 13.0 Å². The summed E-state index contributed by atoms with van der Waals surface area (Å²) in [6, 6.07) is 0. The maximum Gasteiger partial charge on any atom is 0.220 e. The highest BCUT2D eigenvalue weighted by molar-refractivity contribution is 5.75. The highest BCUT2D eigenvalue weighted by Gasteiger charge is 2.16. The lowest BCUT2D eigenvalue weighted by molar-refractivity contribution is -0.121. The molecule has 1 heterocycles. The standard InChI is InChI=1S/C15H28N2O/c18-15(6-5-14-7-10-16-11-8-14)17-12-9-13-3-1-2-4-13/h13-14,16H,1-12H2,(H,17,18). The van der Waals surface area contributed by atoms with E-state index in [1.54, 1.807) is 0 Å². The summed E-state index contributed by atoms with van der Waals surface area (Å²) in [4.78, 5) is 11.7. The van der Waals surface area contributed by atoms with Gasteiger partial charge in [0.15, 0.2) is 0 Å². The predicted octanol–water partition coefficient (Wildman–Crippen LogP) is 2.46. The average molecular weight is 252 g/mol. The minimum atomic E-state index is 0.270. The van der Waals surface area contributed by atoms with Crippen LogP contribution in [0.4, 0.5) is 0 Å². The van der Waals surface area contributed by atoms with Gasteiger partial charge in [-0.05, 0) is 50.6 Å². The topological polar surface area (TPSA) is 41.1 Å². The van der Waals surface area contributed by atoms with Crippen LogP contribution in [0.25, 0.3) is 0 Å². The molecule has 0 aromatic heterocycles. The lowest BCUT2D eigenvalue weighted by Gasteiger charge is -2.22. The van der Waals surface area contributed by atoms with Crippen LogP contribution < -0.4 is 10.6 Å². The van der Waals surface area contributed by atoms with E-state index in [1.165, 1.54) is 44.9 Å². The van der Waals surface area contributed by atoms with Crippen molar-refractivity contribution < 1.29 is 4.79 Å². The van der Waals surface area contributed by atoms with Crippen molar-refractivity contribution in [1.82, 2.24) is 10.6 Å². The number of nitrogens with one attached hydrogen (secondary N) is 2. The maximum absolute atomic E-state index is 11.7. The molecule has 3 nitrogen and oxygen atoms in total. The number of carbonyl (C=O) groups is 1. The Morgan fingerprint density at radius 3 is 2.39 bits per heavy atom. The summed E-state index contributed by atoms with van der Waals surface area (Å²) in [7, 11) is 0. The van der Waals surface area contributed by atoms with E-state index in [0.29, 0.717) is 0 Å². The third-order valence-corrected chi connectivity index (χ3v) is 4.59. The van der Waals surface area contributed by atoms with Gasteiger partial charge in [0.1, 0.15) is 0 Å². The zero-order valence-electron chi connectivity index (χ0n) is 11.5. The van der Waals surface area contributed by atoms with Gasteiger partial charge in [0.25, 0.3) is 0 Å². The lowest BCUT2D eigenvalue weighted by atomic mass is 9.93. The van der Waals surface area contributed by atoms with Crippen LogP contribution in [0.15, 0.2) is 0 Å². The first kappa shape index (κ1) is 13.9. The molecule has 0 aromatic carbocycles. The van der Waals surface area contributed by atoms with Crippen LogP contribution in [0.3, 0.4) is 0 Å². The summed E-state index contributed by atoms with van der Waals surface area (Å²) in [5, 5.41) is 6.46. The molecule has 0 bridgehead atoms. The molecule has 1 aliphatic heterocycles. The summed E-state index contributed by atoms with van der Waals surface area (Å²) >= 11 is 0. The van der Waals surface area contributed by atoms with E-state index in [0.717, 1.165) is 44.3 Å². The lowest BCUT2D eigenvalue weighted by Crippen LogP contribution is -2.30. The molecule has 2 N–H and O–H groups in total. The predicted molar refractivity (Wildman–Crippen MR) is 74.4 cm³/mol. The Kier molecular flexibility index (Phi) is 5.98. The van der Waals surface area contributed by atoms with Gasteiger partial charge in [-0.25, -0.2) is 0 Å². The highest BCUT2D eigenvalue weighted by atomic mass is 16.1. The fourth-order valence-electron chi connectivity index (χ4n) is 3.31. The Balaban J connectivity index is 1.49. The first-order valence-electron chi connectivity index (χ1n) is 7.82. The van der Waals surface area contributed by atoms with Gasteiger partial charge in [0.2, 0.25) is 5.91 Å². The maximum atomic E-state index is 11.7. The highest BCUT2D eigenvalue weighted by Crippen LogP contribution is 2.26. The number of carbonyl (C=O) groups excluding carboxylic acids is 1. The minimum absolute atomic E-state index is 0.270. The molecule has 1 amide bonds. The third-order valence-electron chi connectivity index (χ3n) is 4.59. The monoisotopic (exact) mass is 252 g/mol. The molecule has 3 heteroatoms. The Labute approximate surface area is 111 Å². The molecule has 0 radical (unpaired) electrons. The van der Waals surface area contributed by atoms with Crippen LogP contribution in [0.1, 0.15) is 57.8 Å². The molecular formula is C15H28N2O. The van der Waals surface area contributed by atoms with E-state index < -0.39 is 0 Å². The van der Waals surface area contributed by atoms with Crippen molar-refractivity contribution in [2.75, 3.05) is 19.6 Å². The Hall–Kier alpha value is -0.570. The summed E-state index contributed by atoms with van der Waals surface area (Å²) in [6.45, 7) is 3.16. The van der Waals surface area contributed by atoms with E-state index in [2.05, 4.69) is 10.6 Å². The van der Waals surface area contributed by atoms with Gasteiger partial charge >= 0.3 is 0 Å². The second-order valence-corrected chi connectivity index (χ2v) is 6.02. The Bertz CT molecular complexity index is 243. The van der Waals surface area contributed by atoms with Crippen molar-refractivity contribution in [3.63, 3.8) is 0 Å². The Morgan fingerprint density at radius 2 is 1.67 bits per heavy atom. The van der Waals surface area contributed by atoms with Crippen molar-refractivity contribution in [2.24, 2.45) is 11.8 Å². The van der Waals surface area contributed by atoms with Crippen molar-refractivity contribution in [3.8, 4) is 0 Å². The van der Waals surface area contributed by atoms with Crippen molar-refractivity contribution in [3.05, 3.63) is 0 Å². The molecular weight excluding hydrogens is 224 g/mol. The zero-order chi connectivity index (χ0) is 12.6. The minimum Gasteiger partial charge on any atom is -0.356 e. The second-order valence-electron chi connectivity index (χ2n) is 6.02. The average Bonchev–Trinajstić information content (AvgIpc) is 2.91. The van der Waals surface area contributed by atoms with Gasteiger partial charge in [0.05, 0.1) is 0 Å². The quantitative estimate of drug-likeness (QED) is 0.762. The molecule has 1 aliphatic carbocycles. The molecule has 18 heavy (non-hydrogen) atoms. The molecule has 1 saturated carbocycles. The van der Waals surface area contributed by atoms with Crippen molar-refractivity contribution >= 4 is 5.91 Å². The summed E-state index contributed by atoms with van der Waals surface area (Å²) < 4.78 is 0. The number of hydrogen-bond acceptors (Lipinski definition) is 2. The smallest absolute Gasteiger partial charge is 0.220 e. The first-order chi connectivity index (χ1) is 8.84. The molecule has 0 spiro atoms. The number of rotatable bonds is 6. The molecule has 104 valence electrons. The van der Waals surface area contributed by atoms with E-state index >= 15 is 0 Å². The molecule has 2 aliphatic rings. The number of piperidine rings is 1. The molecule has 2 rings (SSSR count). The fraction of sp³-hybridized carbons (Fsp3) is 0.933. The SMILES string of the molecule is O=C(CCC1CCNCC1)NCCC1CCCC1. The first-order valence-corrected chi connectivity index (χ1v) is 7.82. The Morgan fingerprint density at radius 1 is 1.00 bits per heavy atom. The van der Waals surface area contributed by atoms with Crippen LogP contribution in [-0.4, -0.2) is 25.5 Å². The van der Waals surface area contributed by atoms with E-state index in [-0.39, 0.29) is 5.91 Å². The van der Waals surface area contributed by atoms with E-state index in [1.807, 2.05) is 0 Å². The van der Waals surface area contributed by atoms with Gasteiger partial charge in [-0.3, -0.25) is 4.79 Å². The number of hydrogen-bond donors (Lipinski definition) is 2. The normalized spacial score (nSPS) is 22.2. The molecule has 0 unspecified atom stereocenters. The summed E-state index contributed by atoms with van der Waals surface area (Å²) in [5.41, 5.74) is 0. The van der Waals surface area contributed by atoms with Crippen molar-refractivity contribution in [2.45, 2.75) is 57.8 Å². The fourth-order valence-corrected chi connectivity index (χ4v) is 3.31. The van der Waals surface area contributed by atoms with Crippen molar-refractivity contribution in [1.29, 1.82) is 0 Å². The van der Waals surface area contributed by atoms with Crippen LogP contribution >= 0.6 is 0 Å². The number of amides is 1. The second kappa shape index (κ2) is 7.78. The van der Waals surface area contributed by atoms with Gasteiger partial charge in [-0.1, -0.05) is 25.7 Å². The molecule has 0 atom stereocenters. The van der Waals surface area contributed by atoms with E-state index in [4.69, 9.17) is 0 Å². The summed E-state index contributed by atoms with van der Waals surface area (Å²) in [6.07, 6.45) is 11.1. The van der Waals surface area contributed by atoms with Gasteiger partial charge in [-0.15, -0.1) is 0 Å². The van der Waals surface area contributed by atoms with Gasteiger partial charge < -0.3 is 10.6 Å². The van der Waals surface area contributed by atoms with Gasteiger partial charge in [-0.2, -0.15) is 0 Å². The third kappa shape index (κ3) is 4.97.